The van der Waals surface area contributed by atoms with E-state index in [2.05, 4.69) is 13.8 Å². The standard InChI is InChI=1S/C14H26N2O/c1-3-16(9-10(2)8-15)14(17)13-11-6-4-5-7-12(11)13/h10-13H,3-9,15H2,1-2H3. The largest absolute Gasteiger partial charge is 0.342 e. The highest BCUT2D eigenvalue weighted by molar-refractivity contribution is 5.82. The Morgan fingerprint density at radius 3 is 2.41 bits per heavy atom. The van der Waals surface area contributed by atoms with Crippen molar-refractivity contribution in [3.05, 3.63) is 0 Å². The number of hydrogen-bond donors (Lipinski definition) is 1. The van der Waals surface area contributed by atoms with E-state index in [1.807, 2.05) is 4.90 Å². The van der Waals surface area contributed by atoms with Crippen LogP contribution >= 0.6 is 0 Å². The number of carbonyl (C=O) groups is 1. The Balaban J connectivity index is 1.89. The van der Waals surface area contributed by atoms with Crippen LogP contribution in [-0.4, -0.2) is 30.4 Å². The molecule has 0 aromatic carbocycles. The van der Waals surface area contributed by atoms with Gasteiger partial charge in [-0.15, -0.1) is 0 Å². The Kier molecular flexibility index (Phi) is 4.08. The molecule has 3 heteroatoms. The highest BCUT2D eigenvalue weighted by atomic mass is 16.2. The highest BCUT2D eigenvalue weighted by Crippen LogP contribution is 2.56. The first-order chi connectivity index (χ1) is 8.19. The zero-order chi connectivity index (χ0) is 12.4. The van der Waals surface area contributed by atoms with Gasteiger partial charge < -0.3 is 10.6 Å². The topological polar surface area (TPSA) is 46.3 Å². The second kappa shape index (κ2) is 5.38. The van der Waals surface area contributed by atoms with E-state index in [9.17, 15) is 4.79 Å². The van der Waals surface area contributed by atoms with Gasteiger partial charge in [0.05, 0.1) is 0 Å². The molecule has 0 aromatic rings. The number of rotatable bonds is 5. The number of hydrogen-bond acceptors (Lipinski definition) is 2. The van der Waals surface area contributed by atoms with Crippen molar-refractivity contribution in [3.8, 4) is 0 Å². The summed E-state index contributed by atoms with van der Waals surface area (Å²) < 4.78 is 0. The van der Waals surface area contributed by atoms with Crippen LogP contribution in [0.1, 0.15) is 39.5 Å². The fraction of sp³-hybridized carbons (Fsp3) is 0.929. The normalized spacial score (nSPS) is 32.8. The lowest BCUT2D eigenvalue weighted by molar-refractivity contribution is -0.133. The number of fused-ring (bicyclic) bond motifs is 1. The molecule has 0 bridgehead atoms. The van der Waals surface area contributed by atoms with Crippen LogP contribution < -0.4 is 5.73 Å². The van der Waals surface area contributed by atoms with E-state index in [4.69, 9.17) is 5.73 Å². The van der Waals surface area contributed by atoms with Gasteiger partial charge in [0.15, 0.2) is 0 Å². The third kappa shape index (κ3) is 2.65. The molecule has 2 N–H and O–H groups in total. The predicted octanol–water partition coefficient (Wildman–Crippen LogP) is 1.87. The first kappa shape index (κ1) is 12.9. The van der Waals surface area contributed by atoms with Gasteiger partial charge in [-0.2, -0.15) is 0 Å². The van der Waals surface area contributed by atoms with Crippen molar-refractivity contribution in [2.24, 2.45) is 29.4 Å². The van der Waals surface area contributed by atoms with E-state index in [0.29, 0.717) is 24.3 Å². The Hall–Kier alpha value is -0.570. The third-order valence-corrected chi connectivity index (χ3v) is 4.57. The Bertz CT molecular complexity index is 267. The van der Waals surface area contributed by atoms with Gasteiger partial charge in [-0.3, -0.25) is 4.79 Å². The summed E-state index contributed by atoms with van der Waals surface area (Å²) >= 11 is 0. The van der Waals surface area contributed by atoms with E-state index in [1.165, 1.54) is 25.7 Å². The Morgan fingerprint density at radius 1 is 1.35 bits per heavy atom. The van der Waals surface area contributed by atoms with E-state index in [1.54, 1.807) is 0 Å². The lowest BCUT2D eigenvalue weighted by Gasteiger charge is -2.24. The van der Waals surface area contributed by atoms with Crippen LogP contribution in [0.2, 0.25) is 0 Å². The zero-order valence-electron chi connectivity index (χ0n) is 11.2. The summed E-state index contributed by atoms with van der Waals surface area (Å²) in [6, 6.07) is 0. The van der Waals surface area contributed by atoms with Crippen molar-refractivity contribution < 1.29 is 4.79 Å². The summed E-state index contributed by atoms with van der Waals surface area (Å²) in [5.74, 6) is 2.63. The molecule has 0 spiro atoms. The molecule has 3 unspecified atom stereocenters. The molecule has 2 saturated carbocycles. The van der Waals surface area contributed by atoms with Crippen LogP contribution in [0.25, 0.3) is 0 Å². The van der Waals surface area contributed by atoms with Crippen molar-refractivity contribution >= 4 is 5.91 Å². The second-order valence-corrected chi connectivity index (χ2v) is 5.86. The zero-order valence-corrected chi connectivity index (χ0v) is 11.2. The second-order valence-electron chi connectivity index (χ2n) is 5.86. The molecule has 3 atom stereocenters. The van der Waals surface area contributed by atoms with Gasteiger partial charge >= 0.3 is 0 Å². The highest BCUT2D eigenvalue weighted by Gasteiger charge is 2.55. The van der Waals surface area contributed by atoms with Crippen molar-refractivity contribution in [1.82, 2.24) is 4.90 Å². The minimum absolute atomic E-state index is 0.363. The summed E-state index contributed by atoms with van der Waals surface area (Å²) in [4.78, 5) is 14.5. The fourth-order valence-electron chi connectivity index (χ4n) is 3.40. The van der Waals surface area contributed by atoms with Gasteiger partial charge in [0.25, 0.3) is 0 Å². The summed E-state index contributed by atoms with van der Waals surface area (Å²) in [5, 5.41) is 0. The summed E-state index contributed by atoms with van der Waals surface area (Å²) in [5.41, 5.74) is 5.65. The summed E-state index contributed by atoms with van der Waals surface area (Å²) in [6.07, 6.45) is 5.22. The van der Waals surface area contributed by atoms with Crippen molar-refractivity contribution in [2.75, 3.05) is 19.6 Å². The first-order valence-electron chi connectivity index (χ1n) is 7.17. The maximum atomic E-state index is 12.4. The van der Waals surface area contributed by atoms with Crippen LogP contribution in [0.5, 0.6) is 0 Å². The van der Waals surface area contributed by atoms with Gasteiger partial charge in [-0.1, -0.05) is 19.8 Å². The van der Waals surface area contributed by atoms with E-state index < -0.39 is 0 Å². The smallest absolute Gasteiger partial charge is 0.226 e. The molecule has 2 rings (SSSR count). The van der Waals surface area contributed by atoms with Crippen LogP contribution in [0, 0.1) is 23.7 Å². The molecule has 3 nitrogen and oxygen atoms in total. The number of amides is 1. The molecular formula is C14H26N2O. The molecular weight excluding hydrogens is 212 g/mol. The quantitative estimate of drug-likeness (QED) is 0.794. The average Bonchev–Trinajstić information content (AvgIpc) is 3.09. The monoisotopic (exact) mass is 238 g/mol. The van der Waals surface area contributed by atoms with Crippen LogP contribution in [-0.2, 0) is 4.79 Å². The number of nitrogens with two attached hydrogens (primary N) is 1. The molecule has 0 radical (unpaired) electrons. The predicted molar refractivity (Wildman–Crippen MR) is 69.4 cm³/mol. The van der Waals surface area contributed by atoms with Gasteiger partial charge in [0.1, 0.15) is 0 Å². The fourth-order valence-corrected chi connectivity index (χ4v) is 3.40. The molecule has 0 aliphatic heterocycles. The lowest BCUT2D eigenvalue weighted by Crippen LogP contribution is -2.38. The maximum Gasteiger partial charge on any atom is 0.226 e. The minimum atomic E-state index is 0.363. The SMILES string of the molecule is CCN(CC(C)CN)C(=O)C1C2CCCCC21. The molecule has 0 heterocycles. The molecule has 0 aromatic heterocycles. The molecule has 1 amide bonds. The van der Waals surface area contributed by atoms with Crippen molar-refractivity contribution in [2.45, 2.75) is 39.5 Å². The summed E-state index contributed by atoms with van der Waals surface area (Å²) in [7, 11) is 0. The van der Waals surface area contributed by atoms with E-state index in [0.717, 1.165) is 24.9 Å². The molecule has 17 heavy (non-hydrogen) atoms. The van der Waals surface area contributed by atoms with E-state index >= 15 is 0 Å². The first-order valence-corrected chi connectivity index (χ1v) is 7.17. The van der Waals surface area contributed by atoms with Gasteiger partial charge in [0, 0.05) is 19.0 Å². The summed E-state index contributed by atoms with van der Waals surface area (Å²) in [6.45, 7) is 6.53. The Labute approximate surface area is 105 Å². The third-order valence-electron chi connectivity index (χ3n) is 4.57. The van der Waals surface area contributed by atoms with Gasteiger partial charge in [-0.05, 0) is 44.1 Å². The molecule has 98 valence electrons. The maximum absolute atomic E-state index is 12.4. The molecule has 0 saturated heterocycles. The Morgan fingerprint density at radius 2 is 1.94 bits per heavy atom. The van der Waals surface area contributed by atoms with E-state index in [-0.39, 0.29) is 0 Å². The van der Waals surface area contributed by atoms with Crippen LogP contribution in [0.4, 0.5) is 0 Å². The minimum Gasteiger partial charge on any atom is -0.342 e. The number of carbonyl (C=O) groups excluding carboxylic acids is 1. The van der Waals surface area contributed by atoms with Gasteiger partial charge in [-0.25, -0.2) is 0 Å². The number of nitrogens with zero attached hydrogens (tertiary/aromatic N) is 1. The van der Waals surface area contributed by atoms with Gasteiger partial charge in [0.2, 0.25) is 5.91 Å². The van der Waals surface area contributed by atoms with Crippen molar-refractivity contribution in [1.29, 1.82) is 0 Å². The molecule has 2 fully saturated rings. The molecule has 2 aliphatic rings. The van der Waals surface area contributed by atoms with Crippen LogP contribution in [0.3, 0.4) is 0 Å². The average molecular weight is 238 g/mol. The molecule has 2 aliphatic carbocycles. The lowest BCUT2D eigenvalue weighted by atomic mass is 10.0. The van der Waals surface area contributed by atoms with Crippen molar-refractivity contribution in [3.63, 3.8) is 0 Å². The van der Waals surface area contributed by atoms with Crippen LogP contribution in [0.15, 0.2) is 0 Å².